The van der Waals surface area contributed by atoms with Gasteiger partial charge in [0.25, 0.3) is 0 Å². The molecule has 0 spiro atoms. The number of ether oxygens (including phenoxy) is 1. The van der Waals surface area contributed by atoms with E-state index in [1.54, 1.807) is 19.0 Å². The van der Waals surface area contributed by atoms with Crippen molar-refractivity contribution in [2.45, 2.75) is 0 Å². The second kappa shape index (κ2) is 5.61. The summed E-state index contributed by atoms with van der Waals surface area (Å²) in [5, 5.41) is 0. The second-order valence-corrected chi connectivity index (χ2v) is 3.96. The molecule has 20 heavy (non-hydrogen) atoms. The smallest absolute Gasteiger partial charge is 0.328 e. The molecular weight excluding hydrogens is 270 g/mol. The highest BCUT2D eigenvalue weighted by atomic mass is 19.1. The van der Waals surface area contributed by atoms with Crippen molar-refractivity contribution < 1.29 is 13.5 Å². The molecule has 0 saturated heterocycles. The first-order valence-electron chi connectivity index (χ1n) is 5.52. The summed E-state index contributed by atoms with van der Waals surface area (Å²) in [5.41, 5.74) is 2.25. The van der Waals surface area contributed by atoms with Crippen molar-refractivity contribution in [1.82, 2.24) is 15.0 Å². The summed E-state index contributed by atoms with van der Waals surface area (Å²) in [6.07, 6.45) is 0. The van der Waals surface area contributed by atoms with Gasteiger partial charge >= 0.3 is 6.01 Å². The third-order valence-electron chi connectivity index (χ3n) is 2.23. The minimum atomic E-state index is -0.862. The fraction of sp³-hybridized carbons (Fsp3) is 0.182. The van der Waals surface area contributed by atoms with Gasteiger partial charge in [0, 0.05) is 20.2 Å². The molecule has 7 nitrogen and oxygen atoms in total. The number of hydrazine groups is 1. The minimum Gasteiger partial charge on any atom is -0.421 e. The van der Waals surface area contributed by atoms with E-state index in [4.69, 9.17) is 10.6 Å². The molecule has 2 aromatic rings. The number of hydrogen-bond acceptors (Lipinski definition) is 7. The van der Waals surface area contributed by atoms with Gasteiger partial charge in [0.15, 0.2) is 11.6 Å². The Balaban J connectivity index is 2.34. The zero-order valence-corrected chi connectivity index (χ0v) is 10.8. The lowest BCUT2D eigenvalue weighted by atomic mass is 10.3. The molecule has 1 heterocycles. The van der Waals surface area contributed by atoms with E-state index in [9.17, 15) is 8.78 Å². The Labute approximate surface area is 113 Å². The van der Waals surface area contributed by atoms with Gasteiger partial charge in [0.2, 0.25) is 11.9 Å². The molecular formula is C11H12F2N6O. The fourth-order valence-electron chi connectivity index (χ4n) is 1.31. The monoisotopic (exact) mass is 282 g/mol. The molecule has 1 aromatic heterocycles. The molecule has 106 valence electrons. The molecule has 0 atom stereocenters. The highest BCUT2D eigenvalue weighted by molar-refractivity contribution is 5.37. The topological polar surface area (TPSA) is 89.2 Å². The summed E-state index contributed by atoms with van der Waals surface area (Å²) in [6.45, 7) is 0. The van der Waals surface area contributed by atoms with Crippen LogP contribution in [0.25, 0.3) is 0 Å². The van der Waals surface area contributed by atoms with Crippen LogP contribution < -0.4 is 20.9 Å². The van der Waals surface area contributed by atoms with E-state index in [0.717, 1.165) is 12.1 Å². The number of nitrogens with one attached hydrogen (secondary N) is 1. The Morgan fingerprint density at radius 1 is 1.20 bits per heavy atom. The van der Waals surface area contributed by atoms with Gasteiger partial charge < -0.3 is 9.64 Å². The van der Waals surface area contributed by atoms with Crippen LogP contribution in [0.4, 0.5) is 20.7 Å². The predicted molar refractivity (Wildman–Crippen MR) is 68.4 cm³/mol. The van der Waals surface area contributed by atoms with E-state index in [1.165, 1.54) is 0 Å². The lowest BCUT2D eigenvalue weighted by Gasteiger charge is -2.12. The van der Waals surface area contributed by atoms with Crippen molar-refractivity contribution in [3.8, 4) is 11.8 Å². The summed E-state index contributed by atoms with van der Waals surface area (Å²) < 4.78 is 31.5. The minimum absolute atomic E-state index is 0.0567. The molecule has 0 bridgehead atoms. The van der Waals surface area contributed by atoms with E-state index in [0.29, 0.717) is 6.07 Å². The third-order valence-corrected chi connectivity index (χ3v) is 2.23. The van der Waals surface area contributed by atoms with Crippen LogP contribution in [-0.4, -0.2) is 29.0 Å². The van der Waals surface area contributed by atoms with Gasteiger partial charge in [-0.1, -0.05) is 0 Å². The number of benzene rings is 1. The largest absolute Gasteiger partial charge is 0.421 e. The predicted octanol–water partition coefficient (Wildman–Crippen LogP) is 1.29. The standard InChI is InChI=1S/C11H12F2N6O/c1-19(2)10-15-9(18-14)16-11(17-10)20-8-4-3-6(12)5-7(8)13/h3-5H,14H2,1-2H3,(H,15,16,17,18). The van der Waals surface area contributed by atoms with E-state index in [1.807, 2.05) is 0 Å². The second-order valence-electron chi connectivity index (χ2n) is 3.96. The molecule has 0 aliphatic carbocycles. The van der Waals surface area contributed by atoms with Crippen molar-refractivity contribution >= 4 is 11.9 Å². The van der Waals surface area contributed by atoms with Gasteiger partial charge in [-0.15, -0.1) is 0 Å². The molecule has 0 fully saturated rings. The number of nitrogens with two attached hydrogens (primary N) is 1. The number of aromatic nitrogens is 3. The molecule has 0 amide bonds. The van der Waals surface area contributed by atoms with Gasteiger partial charge in [-0.2, -0.15) is 15.0 Å². The van der Waals surface area contributed by atoms with Crippen LogP contribution in [0, 0.1) is 11.6 Å². The molecule has 1 aromatic carbocycles. The lowest BCUT2D eigenvalue weighted by Crippen LogP contribution is -2.17. The molecule has 0 aliphatic rings. The quantitative estimate of drug-likeness (QED) is 0.645. The molecule has 0 unspecified atom stereocenters. The van der Waals surface area contributed by atoms with Crippen LogP contribution in [0.15, 0.2) is 18.2 Å². The van der Waals surface area contributed by atoms with Gasteiger partial charge in [-0.05, 0) is 12.1 Å². The number of hydrogen-bond donors (Lipinski definition) is 2. The number of nitrogen functional groups attached to an aromatic ring is 1. The van der Waals surface area contributed by atoms with E-state index < -0.39 is 11.6 Å². The Morgan fingerprint density at radius 3 is 2.55 bits per heavy atom. The number of rotatable bonds is 4. The average molecular weight is 282 g/mol. The lowest BCUT2D eigenvalue weighted by molar-refractivity contribution is 0.407. The van der Waals surface area contributed by atoms with Crippen LogP contribution in [-0.2, 0) is 0 Å². The Bertz CT molecular complexity index is 622. The van der Waals surface area contributed by atoms with Crippen LogP contribution >= 0.6 is 0 Å². The zero-order chi connectivity index (χ0) is 14.7. The molecule has 0 radical (unpaired) electrons. The molecule has 0 saturated carbocycles. The fourth-order valence-corrected chi connectivity index (χ4v) is 1.31. The summed E-state index contributed by atoms with van der Waals surface area (Å²) in [4.78, 5) is 13.3. The van der Waals surface area contributed by atoms with Gasteiger partial charge in [-0.25, -0.2) is 14.6 Å². The van der Waals surface area contributed by atoms with Gasteiger partial charge in [0.05, 0.1) is 0 Å². The van der Waals surface area contributed by atoms with Crippen molar-refractivity contribution in [2.75, 3.05) is 24.4 Å². The van der Waals surface area contributed by atoms with Gasteiger partial charge in [0.1, 0.15) is 5.82 Å². The molecule has 3 N–H and O–H groups in total. The Kier molecular flexibility index (Phi) is 3.89. The van der Waals surface area contributed by atoms with Gasteiger partial charge in [-0.3, -0.25) is 5.43 Å². The van der Waals surface area contributed by atoms with Crippen molar-refractivity contribution in [3.05, 3.63) is 29.8 Å². The first-order valence-corrected chi connectivity index (χ1v) is 5.52. The summed E-state index contributed by atoms with van der Waals surface area (Å²) in [6, 6.07) is 2.74. The van der Waals surface area contributed by atoms with Crippen LogP contribution in [0.2, 0.25) is 0 Å². The normalized spacial score (nSPS) is 10.2. The van der Waals surface area contributed by atoms with Crippen molar-refractivity contribution in [1.29, 1.82) is 0 Å². The van der Waals surface area contributed by atoms with Crippen LogP contribution in [0.3, 0.4) is 0 Å². The highest BCUT2D eigenvalue weighted by Crippen LogP contribution is 2.23. The van der Waals surface area contributed by atoms with Crippen molar-refractivity contribution in [3.63, 3.8) is 0 Å². The van der Waals surface area contributed by atoms with Crippen molar-refractivity contribution in [2.24, 2.45) is 5.84 Å². The Morgan fingerprint density at radius 2 is 1.95 bits per heavy atom. The first-order chi connectivity index (χ1) is 9.49. The average Bonchev–Trinajstić information content (AvgIpc) is 2.41. The SMILES string of the molecule is CN(C)c1nc(NN)nc(Oc2ccc(F)cc2F)n1. The zero-order valence-electron chi connectivity index (χ0n) is 10.8. The molecule has 2 rings (SSSR count). The Hall–Kier alpha value is -2.55. The van der Waals surface area contributed by atoms with Crippen LogP contribution in [0.5, 0.6) is 11.8 Å². The highest BCUT2D eigenvalue weighted by Gasteiger charge is 2.12. The number of nitrogens with zero attached hydrogens (tertiary/aromatic N) is 4. The van der Waals surface area contributed by atoms with E-state index >= 15 is 0 Å². The maximum absolute atomic E-state index is 13.5. The number of halogens is 2. The molecule has 0 aliphatic heterocycles. The number of anilines is 2. The third kappa shape index (κ3) is 3.06. The maximum atomic E-state index is 13.5. The van der Waals surface area contributed by atoms with E-state index in [2.05, 4.69) is 20.4 Å². The summed E-state index contributed by atoms with van der Waals surface area (Å²) in [5.74, 6) is 3.79. The maximum Gasteiger partial charge on any atom is 0.328 e. The summed E-state index contributed by atoms with van der Waals surface area (Å²) >= 11 is 0. The molecule has 9 heteroatoms. The van der Waals surface area contributed by atoms with Crippen LogP contribution in [0.1, 0.15) is 0 Å². The summed E-state index contributed by atoms with van der Waals surface area (Å²) in [7, 11) is 3.41. The van der Waals surface area contributed by atoms with E-state index in [-0.39, 0.29) is 23.7 Å². The first kappa shape index (κ1) is 13.9.